The van der Waals surface area contributed by atoms with Crippen molar-refractivity contribution in [3.8, 4) is 0 Å². The first-order valence-corrected chi connectivity index (χ1v) is 8.31. The molecule has 0 aromatic carbocycles. The molecule has 0 radical (unpaired) electrons. The number of hydrogen-bond donors (Lipinski definition) is 1. The van der Waals surface area contributed by atoms with E-state index in [1.165, 1.54) is 21.3 Å². The fourth-order valence-electron chi connectivity index (χ4n) is 2.81. The van der Waals surface area contributed by atoms with Crippen LogP contribution < -0.4 is 0 Å². The molecule has 2 aliphatic rings. The van der Waals surface area contributed by atoms with E-state index in [0.29, 0.717) is 21.9 Å². The van der Waals surface area contributed by atoms with Gasteiger partial charge in [-0.15, -0.1) is 5.10 Å². The molecule has 10 heteroatoms. The summed E-state index contributed by atoms with van der Waals surface area (Å²) in [5.41, 5.74) is 2.51. The number of aryl methyl sites for hydroxylation is 3. The van der Waals surface area contributed by atoms with E-state index in [-0.39, 0.29) is 17.0 Å². The maximum absolute atomic E-state index is 12.5. The summed E-state index contributed by atoms with van der Waals surface area (Å²) in [6.07, 6.45) is 3.34. The van der Waals surface area contributed by atoms with Crippen molar-refractivity contribution in [2.24, 2.45) is 14.1 Å². The van der Waals surface area contributed by atoms with Crippen molar-refractivity contribution in [2.75, 3.05) is 0 Å². The van der Waals surface area contributed by atoms with Crippen LogP contribution in [-0.2, 0) is 23.7 Å². The Morgan fingerprint density at radius 3 is 2.72 bits per heavy atom. The predicted molar refractivity (Wildman–Crippen MR) is 89.7 cm³/mol. The average molecular weight is 358 g/mol. The monoisotopic (exact) mass is 358 g/mol. The standard InChI is InChI=1S/C15H14N6O3S/c1-7-4-10(17-20(7)3)12-11(15(23)24)21-13(22)9(14(21)25-12)5-8-6-19(2)18-16-8/h4-6,14H,1-3H3,(H,23,24)/b9-5-/t14-/m1/s1. The summed E-state index contributed by atoms with van der Waals surface area (Å²) in [6.45, 7) is 1.89. The number of β-lactam (4-membered cyclic amide) rings is 1. The summed E-state index contributed by atoms with van der Waals surface area (Å²) < 4.78 is 3.22. The number of carbonyl (C=O) groups is 2. The molecule has 1 fully saturated rings. The van der Waals surface area contributed by atoms with Gasteiger partial charge >= 0.3 is 5.97 Å². The average Bonchev–Trinajstić information content (AvgIpc) is 3.21. The van der Waals surface area contributed by atoms with Gasteiger partial charge in [0.2, 0.25) is 0 Å². The largest absolute Gasteiger partial charge is 0.477 e. The van der Waals surface area contributed by atoms with Crippen molar-refractivity contribution in [2.45, 2.75) is 12.3 Å². The predicted octanol–water partition coefficient (Wildman–Crippen LogP) is 0.609. The Morgan fingerprint density at radius 1 is 1.40 bits per heavy atom. The van der Waals surface area contributed by atoms with Crippen LogP contribution in [0.4, 0.5) is 0 Å². The van der Waals surface area contributed by atoms with E-state index in [4.69, 9.17) is 0 Å². The molecule has 4 heterocycles. The molecule has 0 saturated carbocycles. The number of nitrogens with zero attached hydrogens (tertiary/aromatic N) is 6. The van der Waals surface area contributed by atoms with Gasteiger partial charge in [0, 0.05) is 19.8 Å². The second-order valence-electron chi connectivity index (χ2n) is 5.84. The van der Waals surface area contributed by atoms with Gasteiger partial charge in [0.25, 0.3) is 5.91 Å². The van der Waals surface area contributed by atoms with E-state index in [9.17, 15) is 14.7 Å². The normalized spacial score (nSPS) is 21.1. The fourth-order valence-corrected chi connectivity index (χ4v) is 4.16. The summed E-state index contributed by atoms with van der Waals surface area (Å²) in [4.78, 5) is 26.0. The molecule has 0 bridgehead atoms. The third-order valence-corrected chi connectivity index (χ3v) is 5.45. The van der Waals surface area contributed by atoms with Crippen LogP contribution >= 0.6 is 11.8 Å². The second-order valence-corrected chi connectivity index (χ2v) is 6.93. The highest BCUT2D eigenvalue weighted by atomic mass is 32.2. The van der Waals surface area contributed by atoms with Gasteiger partial charge in [0.15, 0.2) is 0 Å². The molecule has 9 nitrogen and oxygen atoms in total. The van der Waals surface area contributed by atoms with Crippen molar-refractivity contribution in [3.63, 3.8) is 0 Å². The SMILES string of the molecule is Cc1cc(C2=C(C(=O)O)N3C(=O)/C(=C/c4cn(C)nn4)[C@H]3S2)nn1C. The Balaban J connectivity index is 1.73. The summed E-state index contributed by atoms with van der Waals surface area (Å²) in [7, 11) is 3.53. The smallest absolute Gasteiger partial charge is 0.353 e. The molecule has 4 rings (SSSR count). The van der Waals surface area contributed by atoms with Gasteiger partial charge in [0.1, 0.15) is 22.5 Å². The van der Waals surface area contributed by atoms with Crippen molar-refractivity contribution < 1.29 is 14.7 Å². The van der Waals surface area contributed by atoms with Crippen LogP contribution in [0.25, 0.3) is 11.0 Å². The third kappa shape index (κ3) is 2.29. The second kappa shape index (κ2) is 5.31. The van der Waals surface area contributed by atoms with Gasteiger partial charge in [0.05, 0.1) is 16.7 Å². The number of fused-ring (bicyclic) bond motifs is 1. The number of hydrogen-bond acceptors (Lipinski definition) is 6. The quantitative estimate of drug-likeness (QED) is 0.633. The molecule has 1 amide bonds. The van der Waals surface area contributed by atoms with Gasteiger partial charge in [-0.05, 0) is 19.1 Å². The van der Waals surface area contributed by atoms with E-state index in [1.807, 2.05) is 13.0 Å². The molecule has 128 valence electrons. The minimum atomic E-state index is -1.14. The molecule has 1 saturated heterocycles. The zero-order valence-electron chi connectivity index (χ0n) is 13.7. The molecular weight excluding hydrogens is 344 g/mol. The highest BCUT2D eigenvalue weighted by Gasteiger charge is 2.53. The molecule has 2 aliphatic heterocycles. The van der Waals surface area contributed by atoms with Crippen molar-refractivity contribution >= 4 is 34.6 Å². The molecular formula is C15H14N6O3S. The Bertz CT molecular complexity index is 966. The Morgan fingerprint density at radius 2 is 2.16 bits per heavy atom. The van der Waals surface area contributed by atoms with Crippen molar-refractivity contribution in [3.05, 3.63) is 40.6 Å². The van der Waals surface area contributed by atoms with E-state index >= 15 is 0 Å². The highest BCUT2D eigenvalue weighted by molar-refractivity contribution is 8.09. The lowest BCUT2D eigenvalue weighted by molar-refractivity contribution is -0.140. The van der Waals surface area contributed by atoms with E-state index in [1.54, 1.807) is 31.1 Å². The molecule has 0 spiro atoms. The van der Waals surface area contributed by atoms with Crippen LogP contribution in [0.15, 0.2) is 23.5 Å². The first-order valence-electron chi connectivity index (χ1n) is 7.43. The first-order chi connectivity index (χ1) is 11.9. The maximum Gasteiger partial charge on any atom is 0.353 e. The lowest BCUT2D eigenvalue weighted by Gasteiger charge is -2.36. The van der Waals surface area contributed by atoms with Crippen molar-refractivity contribution in [1.82, 2.24) is 29.7 Å². The van der Waals surface area contributed by atoms with E-state index < -0.39 is 5.97 Å². The Kier molecular flexibility index (Phi) is 3.32. The third-order valence-electron chi connectivity index (χ3n) is 4.12. The number of amides is 1. The van der Waals surface area contributed by atoms with Gasteiger partial charge in [-0.25, -0.2) is 4.79 Å². The number of carboxylic acids is 1. The highest BCUT2D eigenvalue weighted by Crippen LogP contribution is 2.52. The molecule has 1 atom stereocenters. The lowest BCUT2D eigenvalue weighted by atomic mass is 10.0. The van der Waals surface area contributed by atoms with Gasteiger partial charge in [-0.3, -0.25) is 19.1 Å². The number of aliphatic carboxylic acids is 1. The topological polar surface area (TPSA) is 106 Å². The van der Waals surface area contributed by atoms with Gasteiger partial charge < -0.3 is 5.11 Å². The molecule has 1 N–H and O–H groups in total. The van der Waals surface area contributed by atoms with Crippen LogP contribution in [0.2, 0.25) is 0 Å². The Labute approximate surface area is 146 Å². The van der Waals surface area contributed by atoms with Gasteiger partial charge in [-0.1, -0.05) is 17.0 Å². The maximum atomic E-state index is 12.5. The molecule has 0 aliphatic carbocycles. The molecule has 2 aromatic rings. The van der Waals surface area contributed by atoms with E-state index in [2.05, 4.69) is 15.4 Å². The fraction of sp³-hybridized carbons (Fsp3) is 0.267. The molecule has 25 heavy (non-hydrogen) atoms. The zero-order valence-corrected chi connectivity index (χ0v) is 14.5. The van der Waals surface area contributed by atoms with Crippen molar-refractivity contribution in [1.29, 1.82) is 0 Å². The minimum absolute atomic E-state index is 0.0191. The summed E-state index contributed by atoms with van der Waals surface area (Å²) >= 11 is 1.31. The van der Waals surface area contributed by atoms with Crippen LogP contribution in [0.3, 0.4) is 0 Å². The van der Waals surface area contributed by atoms with Crippen LogP contribution in [0, 0.1) is 6.92 Å². The number of thioether (sulfide) groups is 1. The van der Waals surface area contributed by atoms with Gasteiger partial charge in [-0.2, -0.15) is 5.10 Å². The lowest BCUT2D eigenvalue weighted by Crippen LogP contribution is -2.51. The van der Waals surface area contributed by atoms with Crippen LogP contribution in [-0.4, -0.2) is 52.0 Å². The summed E-state index contributed by atoms with van der Waals surface area (Å²) in [5, 5.41) is 21.3. The van der Waals surface area contributed by atoms with Crippen LogP contribution in [0.5, 0.6) is 0 Å². The minimum Gasteiger partial charge on any atom is -0.477 e. The number of carbonyl (C=O) groups excluding carboxylic acids is 1. The summed E-state index contributed by atoms with van der Waals surface area (Å²) in [6, 6.07) is 1.81. The number of aromatic nitrogens is 5. The molecule has 0 unspecified atom stereocenters. The number of rotatable bonds is 3. The zero-order chi connectivity index (χ0) is 17.9. The number of carboxylic acid groups (broad SMARTS) is 1. The Hall–Kier alpha value is -2.88. The first kappa shape index (κ1) is 15.6. The van der Waals surface area contributed by atoms with E-state index in [0.717, 1.165) is 5.69 Å². The molecule has 2 aromatic heterocycles. The summed E-state index contributed by atoms with van der Waals surface area (Å²) in [5.74, 6) is -1.47. The van der Waals surface area contributed by atoms with Crippen LogP contribution in [0.1, 0.15) is 17.1 Å².